The number of hydrogen-bond donors (Lipinski definition) is 3. The normalized spacial score (nSPS) is 17.2. The molecule has 2 rings (SSSR count). The Bertz CT molecular complexity index is 699. The van der Waals surface area contributed by atoms with E-state index < -0.39 is 5.60 Å². The molecule has 0 spiro atoms. The van der Waals surface area contributed by atoms with E-state index in [1.165, 1.54) is 4.90 Å². The first kappa shape index (κ1) is 24.4. The van der Waals surface area contributed by atoms with E-state index in [1.807, 2.05) is 26.8 Å². The van der Waals surface area contributed by atoms with Crippen LogP contribution in [0.3, 0.4) is 0 Å². The smallest absolute Gasteiger partial charge is 0.229 e. The number of nitrogens with zero attached hydrogens (tertiary/aromatic N) is 2. The third-order valence-corrected chi connectivity index (χ3v) is 4.52. The fraction of sp³-hybridized carbons (Fsp3) is 0.632. The molecule has 158 valence electrons. The molecular weight excluding hydrogens is 475 g/mol. The summed E-state index contributed by atoms with van der Waals surface area (Å²) in [4.78, 5) is 29.4. The van der Waals surface area contributed by atoms with E-state index in [0.717, 1.165) is 5.76 Å². The molecule has 1 fully saturated rings. The van der Waals surface area contributed by atoms with Crippen LogP contribution in [0.2, 0.25) is 0 Å². The summed E-state index contributed by atoms with van der Waals surface area (Å²) < 4.78 is 5.50. The van der Waals surface area contributed by atoms with Gasteiger partial charge in [0.1, 0.15) is 17.1 Å². The number of furan rings is 1. The lowest BCUT2D eigenvalue weighted by molar-refractivity contribution is -0.147. The minimum absolute atomic E-state index is 0. The Kier molecular flexibility index (Phi) is 9.42. The average Bonchev–Trinajstić information content (AvgIpc) is 2.94. The van der Waals surface area contributed by atoms with Crippen molar-refractivity contribution < 1.29 is 19.1 Å². The predicted octanol–water partition coefficient (Wildman–Crippen LogP) is 1.82. The zero-order valence-electron chi connectivity index (χ0n) is 17.0. The molecule has 1 aromatic rings. The highest BCUT2D eigenvalue weighted by molar-refractivity contribution is 14.0. The summed E-state index contributed by atoms with van der Waals surface area (Å²) in [7, 11) is 0. The predicted molar refractivity (Wildman–Crippen MR) is 118 cm³/mol. The van der Waals surface area contributed by atoms with Gasteiger partial charge in [-0.05, 0) is 40.2 Å². The van der Waals surface area contributed by atoms with E-state index in [1.54, 1.807) is 6.92 Å². The van der Waals surface area contributed by atoms with Crippen LogP contribution < -0.4 is 10.6 Å². The van der Waals surface area contributed by atoms with Gasteiger partial charge < -0.3 is 20.2 Å². The molecule has 8 nitrogen and oxygen atoms in total. The summed E-state index contributed by atoms with van der Waals surface area (Å²) in [5, 5.41) is 17.0. The minimum Gasteiger partial charge on any atom is -0.466 e. The number of amides is 2. The monoisotopic (exact) mass is 506 g/mol. The second-order valence-corrected chi connectivity index (χ2v) is 7.02. The van der Waals surface area contributed by atoms with Crippen molar-refractivity contribution in [3.63, 3.8) is 0 Å². The Morgan fingerprint density at radius 1 is 1.29 bits per heavy atom. The number of hydrogen-bond acceptors (Lipinski definition) is 5. The Morgan fingerprint density at radius 3 is 2.46 bits per heavy atom. The fourth-order valence-corrected chi connectivity index (χ4v) is 3.16. The number of piperidine rings is 1. The molecule has 0 radical (unpaired) electrons. The number of nitrogens with one attached hydrogen (secondary N) is 2. The molecule has 2 heterocycles. The van der Waals surface area contributed by atoms with Gasteiger partial charge in [-0.15, -0.1) is 24.0 Å². The number of carbonyl (C=O) groups excluding carboxylic acids is 2. The number of guanidine groups is 1. The molecule has 2 amide bonds. The number of carbonyl (C=O) groups is 2. The summed E-state index contributed by atoms with van der Waals surface area (Å²) in [5.41, 5.74) is -0.452. The molecule has 0 bridgehead atoms. The minimum atomic E-state index is -1.16. The second-order valence-electron chi connectivity index (χ2n) is 7.02. The van der Waals surface area contributed by atoms with Crippen LogP contribution in [-0.4, -0.2) is 54.0 Å². The van der Waals surface area contributed by atoms with Crippen molar-refractivity contribution in [3.8, 4) is 0 Å². The van der Waals surface area contributed by atoms with Crippen LogP contribution in [0.4, 0.5) is 0 Å². The third-order valence-electron chi connectivity index (χ3n) is 4.52. The van der Waals surface area contributed by atoms with Crippen LogP contribution >= 0.6 is 24.0 Å². The molecule has 0 aliphatic carbocycles. The van der Waals surface area contributed by atoms with Crippen LogP contribution in [0.1, 0.15) is 50.2 Å². The molecule has 1 atom stereocenters. The Hall–Kier alpha value is -1.62. The molecule has 28 heavy (non-hydrogen) atoms. The molecule has 3 N–H and O–H groups in total. The molecule has 0 aromatic carbocycles. The number of rotatable bonds is 7. The quantitative estimate of drug-likeness (QED) is 0.226. The number of halogens is 1. The van der Waals surface area contributed by atoms with Gasteiger partial charge in [0.25, 0.3) is 0 Å². The van der Waals surface area contributed by atoms with E-state index in [2.05, 4.69) is 15.6 Å². The molecule has 0 saturated carbocycles. The van der Waals surface area contributed by atoms with Gasteiger partial charge in [0.2, 0.25) is 11.8 Å². The zero-order chi connectivity index (χ0) is 20.0. The van der Waals surface area contributed by atoms with Crippen LogP contribution in [-0.2, 0) is 15.2 Å². The van der Waals surface area contributed by atoms with Crippen molar-refractivity contribution in [2.45, 2.75) is 52.6 Å². The van der Waals surface area contributed by atoms with E-state index in [4.69, 9.17) is 4.42 Å². The van der Waals surface area contributed by atoms with E-state index in [0.29, 0.717) is 56.2 Å². The first-order valence-electron chi connectivity index (χ1n) is 9.40. The zero-order valence-corrected chi connectivity index (χ0v) is 19.3. The van der Waals surface area contributed by atoms with Gasteiger partial charge in [0.15, 0.2) is 5.96 Å². The summed E-state index contributed by atoms with van der Waals surface area (Å²) in [5.74, 6) is 1.69. The molecule has 1 aliphatic heterocycles. The summed E-state index contributed by atoms with van der Waals surface area (Å²) in [6.07, 6.45) is 1.48. The van der Waals surface area contributed by atoms with Gasteiger partial charge in [-0.1, -0.05) is 0 Å². The van der Waals surface area contributed by atoms with Crippen LogP contribution in [0.5, 0.6) is 0 Å². The first-order valence-corrected chi connectivity index (χ1v) is 9.40. The third kappa shape index (κ3) is 6.47. The summed E-state index contributed by atoms with van der Waals surface area (Å²) in [6.45, 7) is 8.79. The Labute approximate surface area is 183 Å². The highest BCUT2D eigenvalue weighted by Gasteiger charge is 2.28. The number of aliphatic imine (C=N–C) groups is 1. The van der Waals surface area contributed by atoms with E-state index in [9.17, 15) is 14.7 Å². The van der Waals surface area contributed by atoms with E-state index >= 15 is 0 Å². The van der Waals surface area contributed by atoms with Gasteiger partial charge in [0.05, 0.1) is 6.54 Å². The maximum atomic E-state index is 11.8. The lowest BCUT2D eigenvalue weighted by Gasteiger charge is -2.25. The molecule has 1 unspecified atom stereocenters. The molecule has 9 heteroatoms. The van der Waals surface area contributed by atoms with Crippen LogP contribution in [0.15, 0.2) is 15.5 Å². The van der Waals surface area contributed by atoms with Crippen LogP contribution in [0.25, 0.3) is 0 Å². The summed E-state index contributed by atoms with van der Waals surface area (Å²) in [6, 6.07) is 1.82. The van der Waals surface area contributed by atoms with Crippen molar-refractivity contribution in [2.24, 2.45) is 4.99 Å². The molecule has 1 saturated heterocycles. The topological polar surface area (TPSA) is 107 Å². The van der Waals surface area contributed by atoms with Crippen molar-refractivity contribution in [1.82, 2.24) is 15.5 Å². The van der Waals surface area contributed by atoms with E-state index in [-0.39, 0.29) is 42.3 Å². The Morgan fingerprint density at radius 2 is 1.93 bits per heavy atom. The maximum absolute atomic E-state index is 11.8. The first-order chi connectivity index (χ1) is 12.7. The standard InChI is InChI=1S/C19H30N4O4.HI/c1-5-20-18(21-9-10-23-16(24)7-6-8-17(23)25)22-12-19(4,26)15-11-13(2)27-14(15)3;/h11,26H,5-10,12H2,1-4H3,(H2,20,21,22);1H. The lowest BCUT2D eigenvalue weighted by Crippen LogP contribution is -2.46. The number of aryl methyl sites for hydroxylation is 2. The van der Waals surface area contributed by atoms with Gasteiger partial charge in [-0.3, -0.25) is 14.5 Å². The summed E-state index contributed by atoms with van der Waals surface area (Å²) >= 11 is 0. The second kappa shape index (κ2) is 10.8. The van der Waals surface area contributed by atoms with Gasteiger partial charge in [-0.25, -0.2) is 4.99 Å². The van der Waals surface area contributed by atoms with Crippen molar-refractivity contribution >= 4 is 41.8 Å². The van der Waals surface area contributed by atoms with Gasteiger partial charge in [-0.2, -0.15) is 0 Å². The maximum Gasteiger partial charge on any atom is 0.229 e. The number of aliphatic hydroxyl groups is 1. The van der Waals surface area contributed by atoms with Gasteiger partial charge >= 0.3 is 0 Å². The number of likely N-dealkylation sites (tertiary alicyclic amines) is 1. The van der Waals surface area contributed by atoms with Crippen molar-refractivity contribution in [1.29, 1.82) is 0 Å². The molecule has 1 aliphatic rings. The van der Waals surface area contributed by atoms with Crippen molar-refractivity contribution in [2.75, 3.05) is 26.2 Å². The Balaban J connectivity index is 0.00000392. The lowest BCUT2D eigenvalue weighted by atomic mass is 9.96. The molecule has 1 aromatic heterocycles. The highest BCUT2D eigenvalue weighted by atomic mass is 127. The SMILES string of the molecule is CCNC(=NCC(C)(O)c1cc(C)oc1C)NCCN1C(=O)CCCC1=O.I. The van der Waals surface area contributed by atoms with Crippen molar-refractivity contribution in [3.05, 3.63) is 23.2 Å². The fourth-order valence-electron chi connectivity index (χ4n) is 3.16. The highest BCUT2D eigenvalue weighted by Crippen LogP contribution is 2.27. The number of imide groups is 1. The largest absolute Gasteiger partial charge is 0.466 e. The van der Waals surface area contributed by atoms with Crippen LogP contribution in [0, 0.1) is 13.8 Å². The average molecular weight is 506 g/mol. The van der Waals surface area contributed by atoms with Gasteiger partial charge in [0, 0.05) is 38.0 Å². The molecular formula is C19H31IN4O4.